The van der Waals surface area contributed by atoms with Gasteiger partial charge in [0, 0.05) is 13.1 Å². The maximum atomic E-state index is 13.0. The number of carbonyl (C=O) groups excluding carboxylic acids is 1. The van der Waals surface area contributed by atoms with E-state index >= 15 is 0 Å². The summed E-state index contributed by atoms with van der Waals surface area (Å²) in [5, 5.41) is 11.1. The number of benzene rings is 1. The molecule has 3 rings (SSSR count). The molecule has 0 radical (unpaired) electrons. The number of hydrogen-bond acceptors (Lipinski definition) is 5. The van der Waals surface area contributed by atoms with Gasteiger partial charge >= 0.3 is 0 Å². The van der Waals surface area contributed by atoms with Crippen LogP contribution < -0.4 is 10.6 Å². The predicted octanol–water partition coefficient (Wildman–Crippen LogP) is 2.27. The number of anilines is 1. The predicted molar refractivity (Wildman–Crippen MR) is 96.9 cm³/mol. The smallest absolute Gasteiger partial charge is 0.243 e. The van der Waals surface area contributed by atoms with Gasteiger partial charge in [0.25, 0.3) is 0 Å². The van der Waals surface area contributed by atoms with Gasteiger partial charge in [0.2, 0.25) is 5.91 Å². The third-order valence-corrected chi connectivity index (χ3v) is 3.75. The third kappa shape index (κ3) is 4.21. The second-order valence-corrected chi connectivity index (χ2v) is 5.60. The van der Waals surface area contributed by atoms with Crippen molar-refractivity contribution in [2.45, 2.75) is 20.0 Å². The first-order valence-electron chi connectivity index (χ1n) is 8.22. The van der Waals surface area contributed by atoms with E-state index in [4.69, 9.17) is 0 Å². The van der Waals surface area contributed by atoms with Crippen molar-refractivity contribution in [1.29, 1.82) is 0 Å². The zero-order valence-corrected chi connectivity index (χ0v) is 14.3. The molecule has 0 aliphatic carbocycles. The van der Waals surface area contributed by atoms with Gasteiger partial charge in [0.15, 0.2) is 5.65 Å². The van der Waals surface area contributed by atoms with Crippen LogP contribution in [0.5, 0.6) is 0 Å². The van der Waals surface area contributed by atoms with Crippen LogP contribution >= 0.6 is 0 Å². The summed E-state index contributed by atoms with van der Waals surface area (Å²) in [6.45, 7) is 3.25. The first kappa shape index (κ1) is 17.5. The molecule has 0 atom stereocenters. The molecular weight excluding hydrogens is 335 g/mol. The second-order valence-electron chi connectivity index (χ2n) is 5.60. The molecule has 1 amide bonds. The van der Waals surface area contributed by atoms with Crippen LogP contribution in [0.25, 0.3) is 11.0 Å². The molecule has 2 heterocycles. The molecule has 0 bridgehead atoms. The fraction of sp³-hybridized carbons (Fsp3) is 0.222. The van der Waals surface area contributed by atoms with Crippen LogP contribution in [-0.4, -0.2) is 32.2 Å². The Kier molecular flexibility index (Phi) is 5.52. The second kappa shape index (κ2) is 8.19. The molecule has 2 N–H and O–H groups in total. The molecule has 0 unspecified atom stereocenters. The van der Waals surface area contributed by atoms with Crippen molar-refractivity contribution in [3.63, 3.8) is 0 Å². The summed E-state index contributed by atoms with van der Waals surface area (Å²) in [5.74, 6) is 0.254. The molecule has 26 heavy (non-hydrogen) atoms. The number of hydrogen-bond donors (Lipinski definition) is 2. The van der Waals surface area contributed by atoms with Gasteiger partial charge in [-0.3, -0.25) is 4.79 Å². The van der Waals surface area contributed by atoms with Gasteiger partial charge in [-0.1, -0.05) is 18.2 Å². The summed E-state index contributed by atoms with van der Waals surface area (Å²) in [6, 6.07) is 6.29. The van der Waals surface area contributed by atoms with E-state index in [1.807, 2.05) is 0 Å². The lowest BCUT2D eigenvalue weighted by molar-refractivity contribution is -0.116. The Bertz CT molecular complexity index is 919. The first-order valence-corrected chi connectivity index (χ1v) is 8.22. The number of allylic oxidation sites excluding steroid dienone is 1. The summed E-state index contributed by atoms with van der Waals surface area (Å²) in [7, 11) is 0. The minimum Gasteiger partial charge on any atom is -0.365 e. The molecule has 0 saturated heterocycles. The average molecular weight is 354 g/mol. The number of aromatic nitrogens is 4. The highest BCUT2D eigenvalue weighted by atomic mass is 19.1. The fourth-order valence-corrected chi connectivity index (χ4v) is 2.48. The number of carbonyl (C=O) groups is 1. The first-order chi connectivity index (χ1) is 12.7. The van der Waals surface area contributed by atoms with Gasteiger partial charge < -0.3 is 10.6 Å². The van der Waals surface area contributed by atoms with Crippen molar-refractivity contribution >= 4 is 22.8 Å². The Morgan fingerprint density at radius 1 is 1.27 bits per heavy atom. The molecule has 0 aliphatic heterocycles. The number of amides is 1. The maximum absolute atomic E-state index is 13.0. The van der Waals surface area contributed by atoms with Gasteiger partial charge in [0.1, 0.15) is 18.0 Å². The van der Waals surface area contributed by atoms with Gasteiger partial charge in [-0.2, -0.15) is 5.10 Å². The minimum absolute atomic E-state index is 0.139. The van der Waals surface area contributed by atoms with Crippen LogP contribution in [0.3, 0.4) is 0 Å². The highest BCUT2D eigenvalue weighted by Gasteiger charge is 2.09. The molecule has 7 nitrogen and oxygen atoms in total. The van der Waals surface area contributed by atoms with Crippen LogP contribution in [0, 0.1) is 5.82 Å². The Labute approximate surface area is 150 Å². The Balaban J connectivity index is 1.67. The molecule has 0 aliphatic rings. The van der Waals surface area contributed by atoms with Crippen molar-refractivity contribution in [2.24, 2.45) is 0 Å². The largest absolute Gasteiger partial charge is 0.365 e. The van der Waals surface area contributed by atoms with E-state index in [0.29, 0.717) is 31.1 Å². The van der Waals surface area contributed by atoms with E-state index in [9.17, 15) is 9.18 Å². The van der Waals surface area contributed by atoms with E-state index in [-0.39, 0.29) is 11.7 Å². The quantitative estimate of drug-likeness (QED) is 0.636. The van der Waals surface area contributed by atoms with Crippen molar-refractivity contribution < 1.29 is 9.18 Å². The van der Waals surface area contributed by atoms with E-state index < -0.39 is 0 Å². The standard InChI is InChI=1S/C18H19FN6O/c1-2-3-16(26)20-8-9-25-18-15(11-24-25)17(22-12-23-18)21-10-13-4-6-14(19)7-5-13/h2-7,11-12H,8-10H2,1H3,(H,20,26)(H,21,22,23)/b3-2+. The van der Waals surface area contributed by atoms with Gasteiger partial charge in [-0.15, -0.1) is 0 Å². The summed E-state index contributed by atoms with van der Waals surface area (Å²) in [5.41, 5.74) is 1.62. The molecular formula is C18H19FN6O. The lowest BCUT2D eigenvalue weighted by Gasteiger charge is -2.07. The zero-order chi connectivity index (χ0) is 18.4. The molecule has 8 heteroatoms. The molecule has 1 aromatic carbocycles. The molecule has 0 fully saturated rings. The van der Waals surface area contributed by atoms with E-state index in [1.165, 1.54) is 24.5 Å². The SMILES string of the molecule is C/C=C/C(=O)NCCn1ncc2c(NCc3ccc(F)cc3)ncnc21. The zero-order valence-electron chi connectivity index (χ0n) is 14.3. The highest BCUT2D eigenvalue weighted by molar-refractivity contribution is 5.87. The topological polar surface area (TPSA) is 84.7 Å². The van der Waals surface area contributed by atoms with Crippen LogP contribution in [0.1, 0.15) is 12.5 Å². The molecule has 0 saturated carbocycles. The Morgan fingerprint density at radius 2 is 2.08 bits per heavy atom. The lowest BCUT2D eigenvalue weighted by atomic mass is 10.2. The van der Waals surface area contributed by atoms with Crippen LogP contribution in [0.15, 0.2) is 48.9 Å². The lowest BCUT2D eigenvalue weighted by Crippen LogP contribution is -2.25. The van der Waals surface area contributed by atoms with Crippen LogP contribution in [-0.2, 0) is 17.9 Å². The summed E-state index contributed by atoms with van der Waals surface area (Å²) in [6.07, 6.45) is 6.31. The van der Waals surface area contributed by atoms with Crippen molar-refractivity contribution in [2.75, 3.05) is 11.9 Å². The van der Waals surface area contributed by atoms with Crippen molar-refractivity contribution in [1.82, 2.24) is 25.1 Å². The number of nitrogens with one attached hydrogen (secondary N) is 2. The van der Waals surface area contributed by atoms with Gasteiger partial charge in [0.05, 0.1) is 18.1 Å². The minimum atomic E-state index is -0.263. The monoisotopic (exact) mass is 354 g/mol. The Morgan fingerprint density at radius 3 is 2.85 bits per heavy atom. The molecule has 3 aromatic rings. The van der Waals surface area contributed by atoms with Crippen LogP contribution in [0.2, 0.25) is 0 Å². The number of nitrogens with zero attached hydrogens (tertiary/aromatic N) is 4. The number of rotatable bonds is 7. The summed E-state index contributed by atoms with van der Waals surface area (Å²) in [4.78, 5) is 20.0. The molecule has 0 spiro atoms. The average Bonchev–Trinajstić information content (AvgIpc) is 3.05. The number of halogens is 1. The van der Waals surface area contributed by atoms with Crippen molar-refractivity contribution in [3.8, 4) is 0 Å². The van der Waals surface area contributed by atoms with E-state index in [2.05, 4.69) is 25.7 Å². The summed E-state index contributed by atoms with van der Waals surface area (Å²) >= 11 is 0. The van der Waals surface area contributed by atoms with Gasteiger partial charge in [-0.25, -0.2) is 19.0 Å². The normalized spacial score (nSPS) is 11.2. The van der Waals surface area contributed by atoms with E-state index in [1.54, 1.807) is 36.0 Å². The van der Waals surface area contributed by atoms with E-state index in [0.717, 1.165) is 10.9 Å². The third-order valence-electron chi connectivity index (χ3n) is 3.75. The number of fused-ring (bicyclic) bond motifs is 1. The molecule has 2 aromatic heterocycles. The summed E-state index contributed by atoms with van der Waals surface area (Å²) < 4.78 is 14.7. The fourth-order valence-electron chi connectivity index (χ4n) is 2.48. The maximum Gasteiger partial charge on any atom is 0.243 e. The molecule has 134 valence electrons. The Hall–Kier alpha value is -3.29. The highest BCUT2D eigenvalue weighted by Crippen LogP contribution is 2.19. The van der Waals surface area contributed by atoms with Gasteiger partial charge in [-0.05, 0) is 30.7 Å². The van der Waals surface area contributed by atoms with Crippen molar-refractivity contribution in [3.05, 3.63) is 60.3 Å². The van der Waals surface area contributed by atoms with Crippen LogP contribution in [0.4, 0.5) is 10.2 Å².